The van der Waals surface area contributed by atoms with Crippen molar-refractivity contribution in [3.8, 4) is 5.75 Å². The van der Waals surface area contributed by atoms with Gasteiger partial charge in [-0.3, -0.25) is 9.69 Å². The molecule has 0 aliphatic carbocycles. The molecule has 1 amide bonds. The van der Waals surface area contributed by atoms with Gasteiger partial charge in [-0.2, -0.15) is 0 Å². The SMILES string of the molecule is CCN1C(=O)C(=Cc2c(OC)ccc3ccccc23)SC1=Nc1ccc(C)cc1. The predicted octanol–water partition coefficient (Wildman–Crippen LogP) is 5.78. The zero-order valence-electron chi connectivity index (χ0n) is 16.7. The molecule has 1 saturated heterocycles. The van der Waals surface area contributed by atoms with Gasteiger partial charge in [-0.05, 0) is 60.7 Å². The van der Waals surface area contributed by atoms with Crippen molar-refractivity contribution >= 4 is 45.4 Å². The number of nitrogens with zero attached hydrogens (tertiary/aromatic N) is 2. The molecule has 3 aromatic carbocycles. The predicted molar refractivity (Wildman–Crippen MR) is 122 cm³/mol. The molecule has 1 aliphatic rings. The average molecular weight is 403 g/mol. The van der Waals surface area contributed by atoms with E-state index >= 15 is 0 Å². The summed E-state index contributed by atoms with van der Waals surface area (Å²) in [7, 11) is 1.65. The molecule has 146 valence electrons. The first-order valence-electron chi connectivity index (χ1n) is 9.53. The molecule has 0 atom stereocenters. The zero-order chi connectivity index (χ0) is 20.4. The second-order valence-corrected chi connectivity index (χ2v) is 7.80. The third kappa shape index (κ3) is 3.78. The monoisotopic (exact) mass is 402 g/mol. The highest BCUT2D eigenvalue weighted by molar-refractivity contribution is 8.18. The molecular weight excluding hydrogens is 380 g/mol. The van der Waals surface area contributed by atoms with Crippen molar-refractivity contribution in [2.75, 3.05) is 13.7 Å². The van der Waals surface area contributed by atoms with E-state index in [0.29, 0.717) is 16.6 Å². The Labute approximate surface area is 174 Å². The Hall–Kier alpha value is -3.05. The van der Waals surface area contributed by atoms with Gasteiger partial charge in [0, 0.05) is 12.1 Å². The number of carbonyl (C=O) groups is 1. The first-order valence-corrected chi connectivity index (χ1v) is 10.3. The van der Waals surface area contributed by atoms with Crippen LogP contribution in [0.3, 0.4) is 0 Å². The number of thioether (sulfide) groups is 1. The molecule has 0 spiro atoms. The van der Waals surface area contributed by atoms with Crippen molar-refractivity contribution in [3.05, 3.63) is 76.7 Å². The summed E-state index contributed by atoms with van der Waals surface area (Å²) in [6.07, 6.45) is 1.93. The van der Waals surface area contributed by atoms with Crippen molar-refractivity contribution in [2.24, 2.45) is 4.99 Å². The Bertz CT molecular complexity index is 1130. The van der Waals surface area contributed by atoms with Crippen LogP contribution < -0.4 is 4.74 Å². The van der Waals surface area contributed by atoms with E-state index in [4.69, 9.17) is 9.73 Å². The molecule has 3 aromatic rings. The first-order chi connectivity index (χ1) is 14.1. The van der Waals surface area contributed by atoms with E-state index in [2.05, 4.69) is 6.07 Å². The van der Waals surface area contributed by atoms with Crippen LogP contribution in [0.5, 0.6) is 5.75 Å². The smallest absolute Gasteiger partial charge is 0.266 e. The molecule has 4 nitrogen and oxygen atoms in total. The molecule has 0 N–H and O–H groups in total. The molecule has 4 rings (SSSR count). The number of ether oxygens (including phenoxy) is 1. The van der Waals surface area contributed by atoms with Crippen LogP contribution in [0.25, 0.3) is 16.8 Å². The largest absolute Gasteiger partial charge is 0.496 e. The van der Waals surface area contributed by atoms with Crippen LogP contribution in [0.15, 0.2) is 70.6 Å². The number of likely N-dealkylation sites (N-methyl/N-ethyl adjacent to an activating group) is 1. The van der Waals surface area contributed by atoms with E-state index in [0.717, 1.165) is 27.8 Å². The van der Waals surface area contributed by atoms with Gasteiger partial charge >= 0.3 is 0 Å². The number of aryl methyl sites for hydroxylation is 1. The summed E-state index contributed by atoms with van der Waals surface area (Å²) in [6.45, 7) is 4.58. The van der Waals surface area contributed by atoms with Crippen LogP contribution in [0, 0.1) is 6.92 Å². The molecule has 1 heterocycles. The zero-order valence-corrected chi connectivity index (χ0v) is 17.5. The Kier molecular flexibility index (Phi) is 5.41. The van der Waals surface area contributed by atoms with E-state index < -0.39 is 0 Å². The Balaban J connectivity index is 1.78. The maximum Gasteiger partial charge on any atom is 0.266 e. The molecule has 0 saturated carbocycles. The van der Waals surface area contributed by atoms with Gasteiger partial charge in [0.05, 0.1) is 17.7 Å². The first kappa shape index (κ1) is 19.3. The van der Waals surface area contributed by atoms with E-state index in [9.17, 15) is 4.79 Å². The van der Waals surface area contributed by atoms with Gasteiger partial charge in [0.25, 0.3) is 5.91 Å². The Morgan fingerprint density at radius 2 is 1.83 bits per heavy atom. The third-order valence-electron chi connectivity index (χ3n) is 4.89. The highest BCUT2D eigenvalue weighted by Gasteiger charge is 2.32. The second kappa shape index (κ2) is 8.13. The number of hydrogen-bond acceptors (Lipinski definition) is 4. The minimum Gasteiger partial charge on any atom is -0.496 e. The molecule has 5 heteroatoms. The van der Waals surface area contributed by atoms with Crippen molar-refractivity contribution < 1.29 is 9.53 Å². The summed E-state index contributed by atoms with van der Waals surface area (Å²) >= 11 is 1.41. The summed E-state index contributed by atoms with van der Waals surface area (Å²) in [5, 5.41) is 2.86. The molecule has 0 unspecified atom stereocenters. The highest BCUT2D eigenvalue weighted by Crippen LogP contribution is 2.37. The minimum absolute atomic E-state index is 0.0293. The van der Waals surface area contributed by atoms with Crippen LogP contribution in [0.1, 0.15) is 18.1 Å². The van der Waals surface area contributed by atoms with E-state index in [1.165, 1.54) is 17.3 Å². The van der Waals surface area contributed by atoms with Gasteiger partial charge in [-0.25, -0.2) is 4.99 Å². The molecular formula is C24H22N2O2S. The highest BCUT2D eigenvalue weighted by atomic mass is 32.2. The van der Waals surface area contributed by atoms with Crippen molar-refractivity contribution in [1.29, 1.82) is 0 Å². The number of amides is 1. The Morgan fingerprint density at radius 1 is 1.07 bits per heavy atom. The summed E-state index contributed by atoms with van der Waals surface area (Å²) < 4.78 is 5.58. The van der Waals surface area contributed by atoms with Gasteiger partial charge in [-0.1, -0.05) is 48.0 Å². The lowest BCUT2D eigenvalue weighted by Crippen LogP contribution is -2.28. The quantitative estimate of drug-likeness (QED) is 0.520. The molecule has 1 fully saturated rings. The van der Waals surface area contributed by atoms with E-state index in [-0.39, 0.29) is 5.91 Å². The van der Waals surface area contributed by atoms with E-state index in [1.807, 2.05) is 74.5 Å². The lowest BCUT2D eigenvalue weighted by molar-refractivity contribution is -0.122. The number of methoxy groups -OCH3 is 1. The van der Waals surface area contributed by atoms with Crippen LogP contribution in [0.4, 0.5) is 5.69 Å². The van der Waals surface area contributed by atoms with E-state index in [1.54, 1.807) is 12.0 Å². The number of hydrogen-bond donors (Lipinski definition) is 0. The molecule has 1 aliphatic heterocycles. The van der Waals surface area contributed by atoms with Crippen LogP contribution in [-0.4, -0.2) is 29.6 Å². The maximum atomic E-state index is 13.0. The van der Waals surface area contributed by atoms with Gasteiger partial charge in [0.1, 0.15) is 5.75 Å². The molecule has 0 bridgehead atoms. The van der Waals surface area contributed by atoms with Crippen LogP contribution >= 0.6 is 11.8 Å². The third-order valence-corrected chi connectivity index (χ3v) is 5.90. The number of fused-ring (bicyclic) bond motifs is 1. The number of aliphatic imine (C=N–C) groups is 1. The number of amidine groups is 1. The van der Waals surface area contributed by atoms with Crippen molar-refractivity contribution in [1.82, 2.24) is 4.90 Å². The lowest BCUT2D eigenvalue weighted by Gasteiger charge is -2.12. The Morgan fingerprint density at radius 3 is 2.55 bits per heavy atom. The molecule has 0 radical (unpaired) electrons. The summed E-state index contributed by atoms with van der Waals surface area (Å²) in [5.41, 5.74) is 2.93. The fraction of sp³-hybridized carbons (Fsp3) is 0.167. The topological polar surface area (TPSA) is 41.9 Å². The van der Waals surface area contributed by atoms with Gasteiger partial charge in [0.15, 0.2) is 5.17 Å². The summed E-state index contributed by atoms with van der Waals surface area (Å²) in [5.74, 6) is 0.718. The fourth-order valence-electron chi connectivity index (χ4n) is 3.33. The maximum absolute atomic E-state index is 13.0. The van der Waals surface area contributed by atoms with Crippen LogP contribution in [0.2, 0.25) is 0 Å². The van der Waals surface area contributed by atoms with Crippen molar-refractivity contribution in [3.63, 3.8) is 0 Å². The average Bonchev–Trinajstić information content (AvgIpc) is 3.04. The lowest BCUT2D eigenvalue weighted by atomic mass is 10.0. The van der Waals surface area contributed by atoms with Gasteiger partial charge < -0.3 is 4.74 Å². The van der Waals surface area contributed by atoms with Crippen LogP contribution in [-0.2, 0) is 4.79 Å². The van der Waals surface area contributed by atoms with Crippen molar-refractivity contribution in [2.45, 2.75) is 13.8 Å². The molecule has 29 heavy (non-hydrogen) atoms. The minimum atomic E-state index is -0.0293. The van der Waals surface area contributed by atoms with Gasteiger partial charge in [0.2, 0.25) is 0 Å². The number of rotatable bonds is 4. The normalized spacial score (nSPS) is 16.9. The molecule has 0 aromatic heterocycles. The fourth-order valence-corrected chi connectivity index (χ4v) is 4.38. The standard InChI is InChI=1S/C24H22N2O2S/c1-4-26-23(27)22(29-24(26)25-18-12-9-16(2)10-13-18)15-20-19-8-6-5-7-17(19)11-14-21(20)28-3/h5-15H,4H2,1-3H3. The van der Waals surface area contributed by atoms with Gasteiger partial charge in [-0.15, -0.1) is 0 Å². The second-order valence-electron chi connectivity index (χ2n) is 6.79. The number of benzene rings is 3. The number of carbonyl (C=O) groups excluding carboxylic acids is 1. The summed E-state index contributed by atoms with van der Waals surface area (Å²) in [6, 6.07) is 20.1. The summed E-state index contributed by atoms with van der Waals surface area (Å²) in [4.78, 5) is 20.1.